The predicted octanol–water partition coefficient (Wildman–Crippen LogP) is 2.69. The average Bonchev–Trinajstić information content (AvgIpc) is 2.23. The smallest absolute Gasteiger partial charge is 0.405 e. The molecule has 0 aliphatic heterocycles. The number of halogens is 2. The number of aryl methyl sites for hydroxylation is 1. The molecule has 0 bridgehead atoms. The summed E-state index contributed by atoms with van der Waals surface area (Å²) in [5, 5.41) is 10.6. The van der Waals surface area contributed by atoms with Gasteiger partial charge in [-0.3, -0.25) is 0 Å². The molecule has 0 saturated carbocycles. The van der Waals surface area contributed by atoms with Gasteiger partial charge in [-0.1, -0.05) is 17.7 Å². The number of benzene rings is 1. The van der Waals surface area contributed by atoms with E-state index in [9.17, 15) is 14.0 Å². The van der Waals surface area contributed by atoms with Crippen molar-refractivity contribution < 1.29 is 19.1 Å². The second kappa shape index (κ2) is 5.63. The third-order valence-corrected chi connectivity index (χ3v) is 2.62. The van der Waals surface area contributed by atoms with Crippen LogP contribution in [-0.4, -0.2) is 17.5 Å². The van der Waals surface area contributed by atoms with Gasteiger partial charge in [0.15, 0.2) is 0 Å². The van der Waals surface area contributed by atoms with Gasteiger partial charge in [0.05, 0.1) is 11.1 Å². The second-order valence-electron chi connectivity index (χ2n) is 3.50. The number of carbonyl (C=O) groups excluding carboxylic acids is 1. The quantitative estimate of drug-likeness (QED) is 0.817. The van der Waals surface area contributed by atoms with Crippen molar-refractivity contribution in [1.82, 2.24) is 5.32 Å². The van der Waals surface area contributed by atoms with Crippen LogP contribution in [-0.2, 0) is 4.79 Å². The summed E-state index contributed by atoms with van der Waals surface area (Å²) < 4.78 is 13.8. The summed E-state index contributed by atoms with van der Waals surface area (Å²) in [5.74, 6) is -0.702. The molecular weight excluding hydrogens is 249 g/mol. The molecule has 1 aromatic rings. The highest BCUT2D eigenvalue weighted by Gasteiger charge is 2.21. The highest BCUT2D eigenvalue weighted by molar-refractivity contribution is 6.30. The van der Waals surface area contributed by atoms with Crippen LogP contribution in [0.15, 0.2) is 12.1 Å². The van der Waals surface area contributed by atoms with Gasteiger partial charge >= 0.3 is 6.09 Å². The lowest BCUT2D eigenvalue weighted by molar-refractivity contribution is -0.108. The average molecular weight is 260 g/mol. The molecular formula is C11H11ClFNO3. The molecule has 0 heterocycles. The molecule has 0 spiro atoms. The molecule has 6 heteroatoms. The van der Waals surface area contributed by atoms with Gasteiger partial charge in [-0.25, -0.2) is 9.18 Å². The number of aldehydes is 1. The van der Waals surface area contributed by atoms with E-state index in [1.165, 1.54) is 6.07 Å². The summed E-state index contributed by atoms with van der Waals surface area (Å²) >= 11 is 5.63. The summed E-state index contributed by atoms with van der Waals surface area (Å²) in [6.07, 6.45) is -0.944. The van der Waals surface area contributed by atoms with Crippen LogP contribution in [0, 0.1) is 12.7 Å². The van der Waals surface area contributed by atoms with Gasteiger partial charge in [-0.15, -0.1) is 0 Å². The van der Waals surface area contributed by atoms with Crippen LogP contribution in [0.3, 0.4) is 0 Å². The SMILES string of the molecule is Cc1ccc(Cl)c(F)c1C(CC=O)NC(=O)O. The van der Waals surface area contributed by atoms with E-state index in [0.717, 1.165) is 0 Å². The summed E-state index contributed by atoms with van der Waals surface area (Å²) in [4.78, 5) is 21.1. The Kier molecular flexibility index (Phi) is 4.45. The highest BCUT2D eigenvalue weighted by atomic mass is 35.5. The maximum Gasteiger partial charge on any atom is 0.405 e. The maximum atomic E-state index is 13.8. The minimum atomic E-state index is -1.32. The molecule has 0 radical (unpaired) electrons. The lowest BCUT2D eigenvalue weighted by Crippen LogP contribution is -2.28. The number of carboxylic acid groups (broad SMARTS) is 1. The Labute approximate surface area is 102 Å². The number of nitrogens with one attached hydrogen (secondary N) is 1. The summed E-state index contributed by atoms with van der Waals surface area (Å²) in [6.45, 7) is 1.62. The van der Waals surface area contributed by atoms with E-state index < -0.39 is 18.0 Å². The first-order chi connectivity index (χ1) is 7.97. The van der Waals surface area contributed by atoms with Crippen molar-refractivity contribution in [3.8, 4) is 0 Å². The molecule has 92 valence electrons. The molecule has 1 rings (SSSR count). The number of rotatable bonds is 4. The van der Waals surface area contributed by atoms with Gasteiger partial charge in [-0.05, 0) is 18.6 Å². The molecule has 2 N–H and O–H groups in total. The second-order valence-corrected chi connectivity index (χ2v) is 3.90. The van der Waals surface area contributed by atoms with Crippen molar-refractivity contribution >= 4 is 24.0 Å². The molecule has 1 unspecified atom stereocenters. The van der Waals surface area contributed by atoms with Gasteiger partial charge in [0.1, 0.15) is 12.1 Å². The Balaban J connectivity index is 3.21. The van der Waals surface area contributed by atoms with Crippen LogP contribution >= 0.6 is 11.6 Å². The fourth-order valence-electron chi connectivity index (χ4n) is 1.58. The van der Waals surface area contributed by atoms with Crippen LogP contribution in [0.25, 0.3) is 0 Å². The van der Waals surface area contributed by atoms with Crippen molar-refractivity contribution in [2.75, 3.05) is 0 Å². The highest BCUT2D eigenvalue weighted by Crippen LogP contribution is 2.28. The number of hydrogen-bond acceptors (Lipinski definition) is 2. The van der Waals surface area contributed by atoms with E-state index in [1.54, 1.807) is 13.0 Å². The van der Waals surface area contributed by atoms with Gasteiger partial charge in [0.25, 0.3) is 0 Å². The Hall–Kier alpha value is -1.62. The van der Waals surface area contributed by atoms with E-state index >= 15 is 0 Å². The summed E-state index contributed by atoms with van der Waals surface area (Å²) in [7, 11) is 0. The largest absolute Gasteiger partial charge is 0.465 e. The molecule has 17 heavy (non-hydrogen) atoms. The summed E-state index contributed by atoms with van der Waals surface area (Å²) in [6, 6.07) is 2.03. The topological polar surface area (TPSA) is 66.4 Å². The normalized spacial score (nSPS) is 11.9. The van der Waals surface area contributed by atoms with Crippen molar-refractivity contribution in [2.24, 2.45) is 0 Å². The zero-order chi connectivity index (χ0) is 13.0. The van der Waals surface area contributed by atoms with Crippen molar-refractivity contribution in [3.63, 3.8) is 0 Å². The van der Waals surface area contributed by atoms with Gasteiger partial charge in [0, 0.05) is 12.0 Å². The van der Waals surface area contributed by atoms with Crippen LogP contribution < -0.4 is 5.32 Å². The lowest BCUT2D eigenvalue weighted by Gasteiger charge is -2.18. The fourth-order valence-corrected chi connectivity index (χ4v) is 1.75. The van der Waals surface area contributed by atoms with E-state index in [2.05, 4.69) is 5.32 Å². The van der Waals surface area contributed by atoms with Crippen molar-refractivity contribution in [2.45, 2.75) is 19.4 Å². The van der Waals surface area contributed by atoms with Crippen molar-refractivity contribution in [3.05, 3.63) is 34.1 Å². The first kappa shape index (κ1) is 13.4. The molecule has 0 aromatic heterocycles. The lowest BCUT2D eigenvalue weighted by atomic mass is 9.98. The van der Waals surface area contributed by atoms with Crippen LogP contribution in [0.4, 0.5) is 9.18 Å². The zero-order valence-electron chi connectivity index (χ0n) is 9.04. The first-order valence-corrected chi connectivity index (χ1v) is 5.22. The Morgan fingerprint density at radius 2 is 2.29 bits per heavy atom. The number of hydrogen-bond donors (Lipinski definition) is 2. The monoisotopic (exact) mass is 259 g/mol. The minimum Gasteiger partial charge on any atom is -0.465 e. The third-order valence-electron chi connectivity index (χ3n) is 2.33. The predicted molar refractivity (Wildman–Crippen MR) is 60.7 cm³/mol. The van der Waals surface area contributed by atoms with Gasteiger partial charge < -0.3 is 15.2 Å². The number of carbonyl (C=O) groups is 2. The maximum absolute atomic E-state index is 13.8. The van der Waals surface area contributed by atoms with E-state index in [0.29, 0.717) is 11.8 Å². The molecule has 0 saturated heterocycles. The Morgan fingerprint density at radius 1 is 1.65 bits per heavy atom. The Bertz CT molecular complexity index is 451. The van der Waals surface area contributed by atoms with Gasteiger partial charge in [-0.2, -0.15) is 0 Å². The minimum absolute atomic E-state index is 0.103. The Morgan fingerprint density at radius 3 is 2.82 bits per heavy atom. The molecule has 4 nitrogen and oxygen atoms in total. The third kappa shape index (κ3) is 3.17. The molecule has 0 fully saturated rings. The fraction of sp³-hybridized carbons (Fsp3) is 0.273. The molecule has 0 aliphatic carbocycles. The van der Waals surface area contributed by atoms with Crippen LogP contribution in [0.5, 0.6) is 0 Å². The first-order valence-electron chi connectivity index (χ1n) is 4.85. The summed E-state index contributed by atoms with van der Waals surface area (Å²) in [5.41, 5.74) is 0.638. The molecule has 1 amide bonds. The molecule has 1 atom stereocenters. The molecule has 1 aromatic carbocycles. The van der Waals surface area contributed by atoms with Gasteiger partial charge in [0.2, 0.25) is 0 Å². The van der Waals surface area contributed by atoms with Crippen LogP contribution in [0.2, 0.25) is 5.02 Å². The van der Waals surface area contributed by atoms with E-state index in [4.69, 9.17) is 16.7 Å². The van der Waals surface area contributed by atoms with E-state index in [1.807, 2.05) is 0 Å². The van der Waals surface area contributed by atoms with E-state index in [-0.39, 0.29) is 17.0 Å². The molecule has 0 aliphatic rings. The van der Waals surface area contributed by atoms with Crippen LogP contribution in [0.1, 0.15) is 23.6 Å². The number of amides is 1. The standard InChI is InChI=1S/C11H11ClFNO3/c1-6-2-3-7(12)10(13)9(6)8(4-5-15)14-11(16)17/h2-3,5,8,14H,4H2,1H3,(H,16,17). The zero-order valence-corrected chi connectivity index (χ0v) is 9.79. The van der Waals surface area contributed by atoms with Crippen molar-refractivity contribution in [1.29, 1.82) is 0 Å².